The summed E-state index contributed by atoms with van der Waals surface area (Å²) in [6, 6.07) is 2.64. The van der Waals surface area contributed by atoms with Crippen molar-refractivity contribution in [2.24, 2.45) is 0 Å². The molecule has 1 nitrogen and oxygen atoms in total. The first-order chi connectivity index (χ1) is 8.22. The van der Waals surface area contributed by atoms with Crippen LogP contribution in [0.15, 0.2) is 18.2 Å². The molecule has 0 saturated carbocycles. The van der Waals surface area contributed by atoms with E-state index in [4.69, 9.17) is 0 Å². The highest BCUT2D eigenvalue weighted by Crippen LogP contribution is 2.42. The molecule has 1 N–H and O–H groups in total. The fraction of sp³-hybridized carbons (Fsp3) is 0.500. The van der Waals surface area contributed by atoms with Crippen LogP contribution in [0.2, 0.25) is 0 Å². The van der Waals surface area contributed by atoms with E-state index in [1.54, 1.807) is 0 Å². The quantitative estimate of drug-likeness (QED) is 0.794. The van der Waals surface area contributed by atoms with Crippen LogP contribution in [0.3, 0.4) is 0 Å². The third-order valence-corrected chi connectivity index (χ3v) is 4.42. The molecule has 2 rings (SSSR count). The SMILES string of the molecule is CC1CC(O)(c2ccc(C(F)(F)F)c(F)c2)CS1. The van der Waals surface area contributed by atoms with Gasteiger partial charge in [0, 0.05) is 11.0 Å². The van der Waals surface area contributed by atoms with Crippen molar-refractivity contribution in [3.63, 3.8) is 0 Å². The van der Waals surface area contributed by atoms with Crippen molar-refractivity contribution in [2.75, 3.05) is 5.75 Å². The Bertz CT molecular complexity index is 460. The van der Waals surface area contributed by atoms with Gasteiger partial charge in [-0.05, 0) is 24.1 Å². The topological polar surface area (TPSA) is 20.2 Å². The fourth-order valence-corrected chi connectivity index (χ4v) is 3.35. The van der Waals surface area contributed by atoms with Gasteiger partial charge < -0.3 is 5.11 Å². The van der Waals surface area contributed by atoms with E-state index < -0.39 is 23.2 Å². The van der Waals surface area contributed by atoms with Gasteiger partial charge in [0.05, 0.1) is 11.2 Å². The van der Waals surface area contributed by atoms with Gasteiger partial charge in [-0.1, -0.05) is 13.0 Å². The molecule has 1 aliphatic heterocycles. The first kappa shape index (κ1) is 13.7. The minimum atomic E-state index is -4.71. The molecule has 1 aromatic rings. The van der Waals surface area contributed by atoms with Crippen molar-refractivity contribution in [3.8, 4) is 0 Å². The molecule has 6 heteroatoms. The van der Waals surface area contributed by atoms with Crippen molar-refractivity contribution < 1.29 is 22.7 Å². The Morgan fingerprint density at radius 3 is 2.50 bits per heavy atom. The third-order valence-electron chi connectivity index (χ3n) is 3.04. The molecule has 0 aromatic heterocycles. The Kier molecular flexibility index (Phi) is 3.36. The number of alkyl halides is 3. The summed E-state index contributed by atoms with van der Waals surface area (Å²) in [7, 11) is 0. The smallest absolute Gasteiger partial charge is 0.384 e. The monoisotopic (exact) mass is 280 g/mol. The predicted molar refractivity (Wildman–Crippen MR) is 61.8 cm³/mol. The minimum Gasteiger partial charge on any atom is -0.384 e. The fourth-order valence-electron chi connectivity index (χ4n) is 2.11. The normalized spacial score (nSPS) is 28.7. The van der Waals surface area contributed by atoms with Gasteiger partial charge in [0.25, 0.3) is 0 Å². The highest BCUT2D eigenvalue weighted by atomic mass is 32.2. The minimum absolute atomic E-state index is 0.209. The summed E-state index contributed by atoms with van der Waals surface area (Å²) in [6.07, 6.45) is -4.29. The van der Waals surface area contributed by atoms with Crippen LogP contribution >= 0.6 is 11.8 Å². The summed E-state index contributed by atoms with van der Waals surface area (Å²) in [5.74, 6) is -0.961. The molecule has 0 spiro atoms. The predicted octanol–water partition coefficient (Wildman–Crippen LogP) is 3.56. The van der Waals surface area contributed by atoms with Crippen molar-refractivity contribution >= 4 is 11.8 Å². The van der Waals surface area contributed by atoms with Gasteiger partial charge >= 0.3 is 6.18 Å². The number of halogens is 4. The van der Waals surface area contributed by atoms with Crippen molar-refractivity contribution in [1.29, 1.82) is 0 Å². The number of thioether (sulfide) groups is 1. The summed E-state index contributed by atoms with van der Waals surface area (Å²) < 4.78 is 50.7. The average Bonchev–Trinajstić information content (AvgIpc) is 2.58. The van der Waals surface area contributed by atoms with E-state index in [1.807, 2.05) is 6.92 Å². The molecule has 1 aliphatic rings. The van der Waals surface area contributed by atoms with E-state index >= 15 is 0 Å². The summed E-state index contributed by atoms with van der Waals surface area (Å²) >= 11 is 1.52. The Morgan fingerprint density at radius 1 is 1.39 bits per heavy atom. The second-order valence-electron chi connectivity index (χ2n) is 4.55. The summed E-state index contributed by atoms with van der Waals surface area (Å²) in [6.45, 7) is 1.92. The van der Waals surface area contributed by atoms with Crippen LogP contribution in [0.5, 0.6) is 0 Å². The van der Waals surface area contributed by atoms with Gasteiger partial charge in [0.1, 0.15) is 5.82 Å². The second-order valence-corrected chi connectivity index (χ2v) is 5.98. The van der Waals surface area contributed by atoms with Crippen LogP contribution in [0, 0.1) is 5.82 Å². The lowest BCUT2D eigenvalue weighted by molar-refractivity contribution is -0.140. The number of hydrogen-bond donors (Lipinski definition) is 1. The van der Waals surface area contributed by atoms with Gasteiger partial charge in [0.2, 0.25) is 0 Å². The van der Waals surface area contributed by atoms with Gasteiger partial charge in [0.15, 0.2) is 0 Å². The summed E-state index contributed by atoms with van der Waals surface area (Å²) in [4.78, 5) is 0. The highest BCUT2D eigenvalue weighted by Gasteiger charge is 2.40. The average molecular weight is 280 g/mol. The van der Waals surface area contributed by atoms with Crippen molar-refractivity contribution in [2.45, 2.75) is 30.4 Å². The first-order valence-corrected chi connectivity index (χ1v) is 6.48. The summed E-state index contributed by atoms with van der Waals surface area (Å²) in [5.41, 5.74) is -2.31. The molecule has 2 unspecified atom stereocenters. The van der Waals surface area contributed by atoms with Crippen LogP contribution in [0.4, 0.5) is 17.6 Å². The zero-order chi connectivity index (χ0) is 13.6. The third kappa shape index (κ3) is 2.49. The molecular formula is C12H12F4OS. The molecule has 1 aromatic carbocycles. The largest absolute Gasteiger partial charge is 0.419 e. The number of hydrogen-bond acceptors (Lipinski definition) is 2. The lowest BCUT2D eigenvalue weighted by Gasteiger charge is -2.23. The Labute approximate surface area is 106 Å². The molecule has 0 radical (unpaired) electrons. The second kappa shape index (κ2) is 4.42. The van der Waals surface area contributed by atoms with Gasteiger partial charge in [-0.3, -0.25) is 0 Å². The molecule has 0 aliphatic carbocycles. The maximum atomic E-state index is 13.4. The maximum Gasteiger partial charge on any atom is 0.419 e. The van der Waals surface area contributed by atoms with E-state index in [2.05, 4.69) is 0 Å². The van der Waals surface area contributed by atoms with Crippen molar-refractivity contribution in [3.05, 3.63) is 35.1 Å². The van der Waals surface area contributed by atoms with E-state index in [9.17, 15) is 22.7 Å². The molecule has 100 valence electrons. The maximum absolute atomic E-state index is 13.4. The van der Waals surface area contributed by atoms with Crippen LogP contribution in [0.1, 0.15) is 24.5 Å². The lowest BCUT2D eigenvalue weighted by Crippen LogP contribution is -2.26. The summed E-state index contributed by atoms with van der Waals surface area (Å²) in [5, 5.41) is 10.5. The van der Waals surface area contributed by atoms with E-state index in [0.29, 0.717) is 18.2 Å². The number of rotatable bonds is 1. The first-order valence-electron chi connectivity index (χ1n) is 5.43. The molecule has 18 heavy (non-hydrogen) atoms. The molecule has 0 amide bonds. The molecule has 1 saturated heterocycles. The van der Waals surface area contributed by atoms with Gasteiger partial charge in [-0.25, -0.2) is 4.39 Å². The van der Waals surface area contributed by atoms with Crippen LogP contribution < -0.4 is 0 Å². The number of aliphatic hydroxyl groups is 1. The van der Waals surface area contributed by atoms with E-state index in [-0.39, 0.29) is 10.8 Å². The number of benzene rings is 1. The van der Waals surface area contributed by atoms with E-state index in [1.165, 1.54) is 11.8 Å². The molecule has 1 fully saturated rings. The molecular weight excluding hydrogens is 268 g/mol. The van der Waals surface area contributed by atoms with Crippen LogP contribution in [0.25, 0.3) is 0 Å². The molecule has 1 heterocycles. The Balaban J connectivity index is 2.35. The Hall–Kier alpha value is -0.750. The van der Waals surface area contributed by atoms with Crippen LogP contribution in [-0.4, -0.2) is 16.1 Å². The van der Waals surface area contributed by atoms with Gasteiger partial charge in [-0.2, -0.15) is 24.9 Å². The van der Waals surface area contributed by atoms with Crippen LogP contribution in [-0.2, 0) is 11.8 Å². The van der Waals surface area contributed by atoms with Crippen molar-refractivity contribution in [1.82, 2.24) is 0 Å². The standard InChI is InChI=1S/C12H12F4OS/c1-7-5-11(17,6-18-7)8-2-3-9(10(13)4-8)12(14,15)16/h2-4,7,17H,5-6H2,1H3. The Morgan fingerprint density at radius 2 is 2.06 bits per heavy atom. The zero-order valence-electron chi connectivity index (χ0n) is 9.59. The molecule has 0 bridgehead atoms. The highest BCUT2D eigenvalue weighted by molar-refractivity contribution is 8.00. The van der Waals surface area contributed by atoms with E-state index in [0.717, 1.165) is 12.1 Å². The van der Waals surface area contributed by atoms with Gasteiger partial charge in [-0.15, -0.1) is 0 Å². The lowest BCUT2D eigenvalue weighted by atomic mass is 9.90. The zero-order valence-corrected chi connectivity index (χ0v) is 10.4. The molecule has 2 atom stereocenters.